The van der Waals surface area contributed by atoms with Crippen LogP contribution in [0.2, 0.25) is 5.02 Å². The van der Waals surface area contributed by atoms with E-state index in [1.165, 1.54) is 6.33 Å². The lowest BCUT2D eigenvalue weighted by molar-refractivity contribution is -0.115. The Kier molecular flexibility index (Phi) is 6.19. The van der Waals surface area contributed by atoms with E-state index in [0.29, 0.717) is 32.9 Å². The van der Waals surface area contributed by atoms with Crippen molar-refractivity contribution >= 4 is 40.0 Å². The summed E-state index contributed by atoms with van der Waals surface area (Å²) < 4.78 is 1.61. The van der Waals surface area contributed by atoms with E-state index in [9.17, 15) is 9.59 Å². The van der Waals surface area contributed by atoms with Crippen LogP contribution in [-0.2, 0) is 4.79 Å². The summed E-state index contributed by atoms with van der Waals surface area (Å²) in [5.41, 5.74) is 4.01. The number of hydrogen-bond acceptors (Lipinski definition) is 5. The molecular weight excluding hydrogens is 464 g/mol. The average molecular weight is 483 g/mol. The number of fused-ring (bicyclic) bond motifs is 1. The van der Waals surface area contributed by atoms with Gasteiger partial charge in [-0.3, -0.25) is 9.59 Å². The molecule has 0 radical (unpaired) electrons. The summed E-state index contributed by atoms with van der Waals surface area (Å²) >= 11 is 6.01. The molecule has 0 aliphatic rings. The van der Waals surface area contributed by atoms with Crippen LogP contribution in [-0.4, -0.2) is 38.1 Å². The number of anilines is 1. The van der Waals surface area contributed by atoms with Gasteiger partial charge >= 0.3 is 0 Å². The Morgan fingerprint density at radius 1 is 0.943 bits per heavy atom. The quantitative estimate of drug-likeness (QED) is 0.371. The SMILES string of the molecule is O=C(CNC(=O)c1cc(-c2ccc(Cl)cc2)nc2ccccc12)Nc1ccc(-n2cncn2)cc1. The lowest BCUT2D eigenvalue weighted by atomic mass is 10.0. The summed E-state index contributed by atoms with van der Waals surface area (Å²) in [6.45, 7) is -0.184. The van der Waals surface area contributed by atoms with E-state index in [-0.39, 0.29) is 18.4 Å². The first-order chi connectivity index (χ1) is 17.1. The highest BCUT2D eigenvalue weighted by atomic mass is 35.5. The Morgan fingerprint density at radius 3 is 2.46 bits per heavy atom. The molecule has 172 valence electrons. The molecule has 5 rings (SSSR count). The first-order valence-corrected chi connectivity index (χ1v) is 11.1. The summed E-state index contributed by atoms with van der Waals surface area (Å²) in [6, 6.07) is 23.5. The molecule has 0 atom stereocenters. The molecule has 3 aromatic carbocycles. The van der Waals surface area contributed by atoms with E-state index in [4.69, 9.17) is 11.6 Å². The van der Waals surface area contributed by atoms with E-state index >= 15 is 0 Å². The fraction of sp³-hybridized carbons (Fsp3) is 0.0385. The fourth-order valence-corrected chi connectivity index (χ4v) is 3.76. The van der Waals surface area contributed by atoms with Crippen molar-refractivity contribution < 1.29 is 9.59 Å². The molecule has 9 heteroatoms. The van der Waals surface area contributed by atoms with E-state index in [1.807, 2.05) is 48.5 Å². The van der Waals surface area contributed by atoms with Crippen LogP contribution in [0.15, 0.2) is 91.5 Å². The third-order valence-corrected chi connectivity index (χ3v) is 5.60. The second-order valence-electron chi connectivity index (χ2n) is 7.70. The zero-order valence-corrected chi connectivity index (χ0v) is 19.1. The van der Waals surface area contributed by atoms with Crippen LogP contribution in [0.5, 0.6) is 0 Å². The Morgan fingerprint density at radius 2 is 1.71 bits per heavy atom. The predicted molar refractivity (Wildman–Crippen MR) is 135 cm³/mol. The maximum Gasteiger partial charge on any atom is 0.252 e. The molecule has 0 bridgehead atoms. The minimum absolute atomic E-state index is 0.184. The zero-order valence-electron chi connectivity index (χ0n) is 18.4. The molecule has 0 fully saturated rings. The third-order valence-electron chi connectivity index (χ3n) is 5.34. The molecule has 8 nitrogen and oxygen atoms in total. The lowest BCUT2D eigenvalue weighted by Crippen LogP contribution is -2.33. The third kappa shape index (κ3) is 5.02. The van der Waals surface area contributed by atoms with E-state index < -0.39 is 0 Å². The summed E-state index contributed by atoms with van der Waals surface area (Å²) in [5.74, 6) is -0.710. The molecule has 2 N–H and O–H groups in total. The first kappa shape index (κ1) is 22.2. The van der Waals surface area contributed by atoms with Crippen molar-refractivity contribution in [3.05, 3.63) is 102 Å². The largest absolute Gasteiger partial charge is 0.343 e. The molecule has 0 aliphatic carbocycles. The highest BCUT2D eigenvalue weighted by Crippen LogP contribution is 2.26. The number of carbonyl (C=O) groups excluding carboxylic acids is 2. The minimum atomic E-state index is -0.365. The van der Waals surface area contributed by atoms with E-state index in [2.05, 4.69) is 25.7 Å². The van der Waals surface area contributed by atoms with Crippen molar-refractivity contribution in [2.24, 2.45) is 0 Å². The van der Waals surface area contributed by atoms with Gasteiger partial charge in [0.25, 0.3) is 5.91 Å². The lowest BCUT2D eigenvalue weighted by Gasteiger charge is -2.11. The van der Waals surface area contributed by atoms with Gasteiger partial charge in [-0.1, -0.05) is 41.9 Å². The number of pyridine rings is 1. The van der Waals surface area contributed by atoms with Crippen molar-refractivity contribution in [3.8, 4) is 16.9 Å². The van der Waals surface area contributed by atoms with Gasteiger partial charge in [-0.2, -0.15) is 5.10 Å². The van der Waals surface area contributed by atoms with Gasteiger partial charge in [0.2, 0.25) is 5.91 Å². The van der Waals surface area contributed by atoms with Gasteiger partial charge in [0.05, 0.1) is 29.0 Å². The van der Waals surface area contributed by atoms with Crippen LogP contribution in [0.1, 0.15) is 10.4 Å². The minimum Gasteiger partial charge on any atom is -0.343 e. The number of para-hydroxylation sites is 1. The number of aromatic nitrogens is 4. The van der Waals surface area contributed by atoms with Crippen molar-refractivity contribution in [3.63, 3.8) is 0 Å². The Bertz CT molecular complexity index is 1500. The van der Waals surface area contributed by atoms with Crippen molar-refractivity contribution in [1.82, 2.24) is 25.1 Å². The Balaban J connectivity index is 1.30. The van der Waals surface area contributed by atoms with Crippen molar-refractivity contribution in [1.29, 1.82) is 0 Å². The molecule has 0 saturated carbocycles. The molecule has 0 spiro atoms. The number of halogens is 1. The molecule has 35 heavy (non-hydrogen) atoms. The smallest absolute Gasteiger partial charge is 0.252 e. The van der Waals surface area contributed by atoms with Gasteiger partial charge in [-0.25, -0.2) is 14.6 Å². The normalized spacial score (nSPS) is 10.8. The van der Waals surface area contributed by atoms with Gasteiger partial charge in [0.1, 0.15) is 12.7 Å². The van der Waals surface area contributed by atoms with E-state index in [0.717, 1.165) is 11.3 Å². The summed E-state index contributed by atoms with van der Waals surface area (Å²) in [5, 5.41) is 10.9. The Hall–Kier alpha value is -4.56. The van der Waals surface area contributed by atoms with Gasteiger partial charge in [0.15, 0.2) is 0 Å². The highest BCUT2D eigenvalue weighted by Gasteiger charge is 2.15. The number of nitrogens with zero attached hydrogens (tertiary/aromatic N) is 4. The summed E-state index contributed by atoms with van der Waals surface area (Å²) in [7, 11) is 0. The monoisotopic (exact) mass is 482 g/mol. The number of rotatable bonds is 6. The maximum atomic E-state index is 13.1. The van der Waals surface area contributed by atoms with Crippen molar-refractivity contribution in [2.45, 2.75) is 0 Å². The van der Waals surface area contributed by atoms with Gasteiger partial charge in [-0.05, 0) is 48.5 Å². The van der Waals surface area contributed by atoms with Crippen LogP contribution in [0.3, 0.4) is 0 Å². The van der Waals surface area contributed by atoms with Gasteiger partial charge < -0.3 is 10.6 Å². The van der Waals surface area contributed by atoms with Crippen LogP contribution in [0, 0.1) is 0 Å². The standard InChI is InChI=1S/C26H19ClN6O2/c27-18-7-5-17(6-8-18)24-13-22(21-3-1-2-4-23(21)32-24)26(35)29-14-25(34)31-19-9-11-20(12-10-19)33-16-28-15-30-33/h1-13,15-16H,14H2,(H,29,35)(H,31,34). The second-order valence-corrected chi connectivity index (χ2v) is 8.13. The molecule has 5 aromatic rings. The topological polar surface area (TPSA) is 102 Å². The highest BCUT2D eigenvalue weighted by molar-refractivity contribution is 6.30. The number of benzene rings is 3. The first-order valence-electron chi connectivity index (χ1n) is 10.8. The summed E-state index contributed by atoms with van der Waals surface area (Å²) in [4.78, 5) is 34.1. The van der Waals surface area contributed by atoms with Crippen LogP contribution >= 0.6 is 11.6 Å². The summed E-state index contributed by atoms with van der Waals surface area (Å²) in [6.07, 6.45) is 3.03. The molecule has 2 aromatic heterocycles. The zero-order chi connectivity index (χ0) is 24.2. The molecule has 2 amide bonds. The van der Waals surface area contributed by atoms with Gasteiger partial charge in [-0.15, -0.1) is 0 Å². The molecule has 2 heterocycles. The average Bonchev–Trinajstić information content (AvgIpc) is 3.43. The number of amides is 2. The molecule has 0 aliphatic heterocycles. The van der Waals surface area contributed by atoms with Crippen molar-refractivity contribution in [2.75, 3.05) is 11.9 Å². The number of hydrogen-bond donors (Lipinski definition) is 2. The number of nitrogens with one attached hydrogen (secondary N) is 2. The fourth-order valence-electron chi connectivity index (χ4n) is 3.63. The van der Waals surface area contributed by atoms with E-state index in [1.54, 1.807) is 41.3 Å². The number of carbonyl (C=O) groups is 2. The molecule has 0 unspecified atom stereocenters. The molecule has 0 saturated heterocycles. The molecular formula is C26H19ClN6O2. The Labute approximate surface area is 205 Å². The maximum absolute atomic E-state index is 13.1. The second kappa shape index (κ2) is 9.74. The van der Waals surface area contributed by atoms with Gasteiger partial charge in [0, 0.05) is 21.7 Å². The van der Waals surface area contributed by atoms with Crippen LogP contribution < -0.4 is 10.6 Å². The predicted octanol–water partition coefficient (Wildman–Crippen LogP) is 4.50. The van der Waals surface area contributed by atoms with Crippen LogP contribution in [0.4, 0.5) is 5.69 Å². The van der Waals surface area contributed by atoms with Crippen LogP contribution in [0.25, 0.3) is 27.8 Å².